The van der Waals surface area contributed by atoms with Crippen LogP contribution in [0.3, 0.4) is 0 Å². The maximum Gasteiger partial charge on any atom is 0.235 e. The van der Waals surface area contributed by atoms with Crippen LogP contribution in [-0.2, 0) is 4.79 Å². The van der Waals surface area contributed by atoms with Crippen LogP contribution in [0.1, 0.15) is 6.92 Å². The number of amides is 1. The molecule has 1 N–H and O–H groups in total. The zero-order valence-corrected chi connectivity index (χ0v) is 15.6. The lowest BCUT2D eigenvalue weighted by atomic mass is 10.2. The molecule has 0 saturated carbocycles. The first-order valence-electron chi connectivity index (χ1n) is 8.28. The summed E-state index contributed by atoms with van der Waals surface area (Å²) in [7, 11) is 0. The highest BCUT2D eigenvalue weighted by atomic mass is 35.5. The first-order chi connectivity index (χ1) is 12.0. The fourth-order valence-corrected chi connectivity index (χ4v) is 4.00. The molecule has 3 rings (SSSR count). The van der Waals surface area contributed by atoms with E-state index in [4.69, 9.17) is 11.6 Å². The minimum atomic E-state index is -0.141. The molecule has 6 heteroatoms. The van der Waals surface area contributed by atoms with Crippen LogP contribution in [0.2, 0.25) is 5.02 Å². The summed E-state index contributed by atoms with van der Waals surface area (Å²) in [5, 5.41) is 10.5. The number of carbonyl (C=O) groups excluding carboxylic acids is 1. The summed E-state index contributed by atoms with van der Waals surface area (Å²) in [6.45, 7) is 4.72. The number of hydrogen-bond acceptors (Lipinski definition) is 4. The third-order valence-corrected chi connectivity index (χ3v) is 5.64. The molecule has 0 aromatic heterocycles. The Morgan fingerprint density at radius 1 is 1.08 bits per heavy atom. The predicted octanol–water partition coefficient (Wildman–Crippen LogP) is 3.88. The van der Waals surface area contributed by atoms with Crippen LogP contribution < -0.4 is 4.90 Å². The number of carbonyl (C=O) groups is 1. The van der Waals surface area contributed by atoms with Gasteiger partial charge in [0.2, 0.25) is 5.91 Å². The van der Waals surface area contributed by atoms with Gasteiger partial charge in [0.15, 0.2) is 0 Å². The number of piperazine rings is 1. The summed E-state index contributed by atoms with van der Waals surface area (Å²) in [4.78, 5) is 17.8. The number of hydrogen-bond donors (Lipinski definition) is 1. The van der Waals surface area contributed by atoms with Crippen molar-refractivity contribution in [2.75, 3.05) is 31.1 Å². The first kappa shape index (κ1) is 18.0. The molecule has 132 valence electrons. The Balaban J connectivity index is 1.56. The molecule has 25 heavy (non-hydrogen) atoms. The van der Waals surface area contributed by atoms with Gasteiger partial charge in [0, 0.05) is 36.1 Å². The van der Waals surface area contributed by atoms with Gasteiger partial charge in [0.25, 0.3) is 0 Å². The van der Waals surface area contributed by atoms with Gasteiger partial charge in [-0.25, -0.2) is 0 Å². The van der Waals surface area contributed by atoms with Gasteiger partial charge in [-0.05, 0) is 43.3 Å². The minimum Gasteiger partial charge on any atom is -0.506 e. The average Bonchev–Trinajstić information content (AvgIpc) is 2.63. The number of para-hydroxylation sites is 2. The second-order valence-electron chi connectivity index (χ2n) is 6.02. The SMILES string of the molecule is C[C@H](Sc1ccc(Cl)cc1)C(=O)N1CCN(c2ccccc2O)CC1. The fourth-order valence-electron chi connectivity index (χ4n) is 2.92. The summed E-state index contributed by atoms with van der Waals surface area (Å²) in [6.07, 6.45) is 0. The Morgan fingerprint density at radius 2 is 1.72 bits per heavy atom. The highest BCUT2D eigenvalue weighted by Crippen LogP contribution is 2.29. The van der Waals surface area contributed by atoms with Crippen molar-refractivity contribution in [1.29, 1.82) is 0 Å². The average molecular weight is 377 g/mol. The van der Waals surface area contributed by atoms with Crippen molar-refractivity contribution >= 4 is 35.0 Å². The molecular formula is C19H21ClN2O2S. The lowest BCUT2D eigenvalue weighted by Gasteiger charge is -2.37. The number of halogens is 1. The lowest BCUT2D eigenvalue weighted by molar-refractivity contribution is -0.130. The maximum absolute atomic E-state index is 12.7. The molecule has 0 bridgehead atoms. The smallest absolute Gasteiger partial charge is 0.235 e. The molecule has 2 aromatic carbocycles. The van der Waals surface area contributed by atoms with Crippen LogP contribution in [0.5, 0.6) is 5.75 Å². The highest BCUT2D eigenvalue weighted by molar-refractivity contribution is 8.00. The molecule has 0 unspecified atom stereocenters. The third kappa shape index (κ3) is 4.41. The molecule has 1 heterocycles. The molecule has 1 fully saturated rings. The monoisotopic (exact) mass is 376 g/mol. The number of rotatable bonds is 4. The van der Waals surface area contributed by atoms with Crippen LogP contribution in [0.15, 0.2) is 53.4 Å². The lowest BCUT2D eigenvalue weighted by Crippen LogP contribution is -2.50. The second-order valence-corrected chi connectivity index (χ2v) is 7.87. The Kier molecular flexibility index (Phi) is 5.76. The van der Waals surface area contributed by atoms with Crippen LogP contribution in [-0.4, -0.2) is 47.3 Å². The molecule has 1 atom stereocenters. The molecule has 1 amide bonds. The Morgan fingerprint density at radius 3 is 2.36 bits per heavy atom. The minimum absolute atomic E-state index is 0.141. The molecule has 2 aromatic rings. The molecule has 1 aliphatic rings. The van der Waals surface area contributed by atoms with Crippen molar-refractivity contribution in [3.05, 3.63) is 53.6 Å². The van der Waals surface area contributed by atoms with E-state index in [-0.39, 0.29) is 16.9 Å². The van der Waals surface area contributed by atoms with Crippen molar-refractivity contribution < 1.29 is 9.90 Å². The van der Waals surface area contributed by atoms with Gasteiger partial charge < -0.3 is 14.9 Å². The number of phenols is 1. The predicted molar refractivity (Wildman–Crippen MR) is 104 cm³/mol. The van der Waals surface area contributed by atoms with E-state index in [0.717, 1.165) is 23.7 Å². The van der Waals surface area contributed by atoms with Crippen LogP contribution in [0, 0.1) is 0 Å². The van der Waals surface area contributed by atoms with Crippen LogP contribution in [0.4, 0.5) is 5.69 Å². The van der Waals surface area contributed by atoms with E-state index in [9.17, 15) is 9.90 Å². The van der Waals surface area contributed by atoms with E-state index >= 15 is 0 Å². The topological polar surface area (TPSA) is 43.8 Å². The number of aromatic hydroxyl groups is 1. The second kappa shape index (κ2) is 8.02. The summed E-state index contributed by atoms with van der Waals surface area (Å²) in [5.74, 6) is 0.436. The zero-order chi connectivity index (χ0) is 17.8. The molecular weight excluding hydrogens is 356 g/mol. The number of thioether (sulfide) groups is 1. The van der Waals surface area contributed by atoms with Gasteiger partial charge in [0.05, 0.1) is 10.9 Å². The normalized spacial score (nSPS) is 15.9. The van der Waals surface area contributed by atoms with Crippen molar-refractivity contribution in [3.8, 4) is 5.75 Å². The largest absolute Gasteiger partial charge is 0.506 e. The van der Waals surface area contributed by atoms with E-state index < -0.39 is 0 Å². The van der Waals surface area contributed by atoms with E-state index in [2.05, 4.69) is 4.90 Å². The van der Waals surface area contributed by atoms with Gasteiger partial charge in [-0.1, -0.05) is 23.7 Å². The number of phenolic OH excluding ortho intramolecular Hbond substituents is 1. The van der Waals surface area contributed by atoms with Crippen LogP contribution in [0.25, 0.3) is 0 Å². The Labute approximate surface area is 157 Å². The van der Waals surface area contributed by atoms with E-state index in [1.165, 1.54) is 0 Å². The molecule has 0 aliphatic carbocycles. The van der Waals surface area contributed by atoms with Crippen molar-refractivity contribution in [3.63, 3.8) is 0 Å². The highest BCUT2D eigenvalue weighted by Gasteiger charge is 2.26. The third-order valence-electron chi connectivity index (χ3n) is 4.29. The van der Waals surface area contributed by atoms with Crippen molar-refractivity contribution in [2.24, 2.45) is 0 Å². The Bertz CT molecular complexity index is 730. The van der Waals surface area contributed by atoms with Crippen molar-refractivity contribution in [1.82, 2.24) is 4.90 Å². The quantitative estimate of drug-likeness (QED) is 0.822. The van der Waals surface area contributed by atoms with Gasteiger partial charge in [-0.2, -0.15) is 0 Å². The summed E-state index contributed by atoms with van der Waals surface area (Å²) in [6, 6.07) is 14.9. The number of benzene rings is 2. The molecule has 0 radical (unpaired) electrons. The van der Waals surface area contributed by atoms with Gasteiger partial charge in [-0.3, -0.25) is 4.79 Å². The Hall–Kier alpha value is -1.85. The van der Waals surface area contributed by atoms with E-state index in [1.54, 1.807) is 17.8 Å². The summed E-state index contributed by atoms with van der Waals surface area (Å²) < 4.78 is 0. The summed E-state index contributed by atoms with van der Waals surface area (Å²) in [5.41, 5.74) is 0.832. The summed E-state index contributed by atoms with van der Waals surface area (Å²) >= 11 is 7.45. The fraction of sp³-hybridized carbons (Fsp3) is 0.316. The molecule has 1 saturated heterocycles. The number of anilines is 1. The number of nitrogens with zero attached hydrogens (tertiary/aromatic N) is 2. The van der Waals surface area contributed by atoms with Gasteiger partial charge >= 0.3 is 0 Å². The van der Waals surface area contributed by atoms with Crippen LogP contribution >= 0.6 is 23.4 Å². The van der Waals surface area contributed by atoms with Crippen molar-refractivity contribution in [2.45, 2.75) is 17.1 Å². The van der Waals surface area contributed by atoms with E-state index in [0.29, 0.717) is 18.1 Å². The molecule has 0 spiro atoms. The zero-order valence-electron chi connectivity index (χ0n) is 14.1. The molecule has 4 nitrogen and oxygen atoms in total. The van der Waals surface area contributed by atoms with E-state index in [1.807, 2.05) is 54.3 Å². The standard InChI is InChI=1S/C19H21ClN2O2S/c1-14(25-16-8-6-15(20)7-9-16)19(24)22-12-10-21(11-13-22)17-4-2-3-5-18(17)23/h2-9,14,23H,10-13H2,1H3/t14-/m0/s1. The maximum atomic E-state index is 12.7. The van der Waals surface area contributed by atoms with Gasteiger partial charge in [-0.15, -0.1) is 11.8 Å². The molecule has 1 aliphatic heterocycles. The first-order valence-corrected chi connectivity index (χ1v) is 9.54. The van der Waals surface area contributed by atoms with Gasteiger partial charge in [0.1, 0.15) is 5.75 Å².